The highest BCUT2D eigenvalue weighted by molar-refractivity contribution is 5.79. The molecule has 23 heavy (non-hydrogen) atoms. The Balaban J connectivity index is 1.69. The van der Waals surface area contributed by atoms with E-state index >= 15 is 0 Å². The maximum atomic E-state index is 12.6. The summed E-state index contributed by atoms with van der Waals surface area (Å²) in [7, 11) is 0. The SMILES string of the molecule is CCN1C(=O)NC(C2C3CC4CC2CC(O)(C4)C3)C1(C)C(C)C. The zero-order chi connectivity index (χ0) is 16.6. The van der Waals surface area contributed by atoms with Crippen LogP contribution in [0.2, 0.25) is 0 Å². The summed E-state index contributed by atoms with van der Waals surface area (Å²) in [4.78, 5) is 14.7. The third-order valence-corrected chi connectivity index (χ3v) is 7.92. The Bertz CT molecular complexity index is 503. The highest BCUT2D eigenvalue weighted by atomic mass is 16.3. The second kappa shape index (κ2) is 4.87. The molecule has 5 rings (SSSR count). The van der Waals surface area contributed by atoms with Crippen molar-refractivity contribution in [3.8, 4) is 0 Å². The van der Waals surface area contributed by atoms with Gasteiger partial charge in [0.05, 0.1) is 17.2 Å². The van der Waals surface area contributed by atoms with Gasteiger partial charge >= 0.3 is 6.03 Å². The van der Waals surface area contributed by atoms with Gasteiger partial charge in [-0.1, -0.05) is 13.8 Å². The molecular formula is C19H32N2O2. The van der Waals surface area contributed by atoms with Gasteiger partial charge in [0, 0.05) is 6.54 Å². The first-order chi connectivity index (χ1) is 10.8. The predicted molar refractivity (Wildman–Crippen MR) is 89.9 cm³/mol. The number of likely N-dealkylation sites (N-methyl/N-ethyl adjacent to an activating group) is 1. The van der Waals surface area contributed by atoms with Crippen molar-refractivity contribution in [2.45, 2.75) is 77.0 Å². The number of hydrogen-bond acceptors (Lipinski definition) is 2. The summed E-state index contributed by atoms with van der Waals surface area (Å²) in [5.74, 6) is 2.86. The van der Waals surface area contributed by atoms with Gasteiger partial charge in [0.1, 0.15) is 0 Å². The molecule has 2 N–H and O–H groups in total. The Morgan fingerprint density at radius 3 is 2.35 bits per heavy atom. The molecule has 0 aromatic rings. The van der Waals surface area contributed by atoms with Gasteiger partial charge in [0.15, 0.2) is 0 Å². The molecule has 4 heteroatoms. The molecule has 4 unspecified atom stereocenters. The third-order valence-electron chi connectivity index (χ3n) is 7.92. The number of carbonyl (C=O) groups excluding carboxylic acids is 1. The Morgan fingerprint density at radius 1 is 1.26 bits per heavy atom. The van der Waals surface area contributed by atoms with Crippen LogP contribution in [-0.4, -0.2) is 39.8 Å². The number of amides is 2. The van der Waals surface area contributed by atoms with Gasteiger partial charge in [0.2, 0.25) is 0 Å². The topological polar surface area (TPSA) is 52.6 Å². The molecule has 4 bridgehead atoms. The second-order valence-electron chi connectivity index (χ2n) is 9.32. The van der Waals surface area contributed by atoms with Crippen molar-refractivity contribution in [3.05, 3.63) is 0 Å². The Morgan fingerprint density at radius 2 is 1.87 bits per heavy atom. The van der Waals surface area contributed by atoms with E-state index in [-0.39, 0.29) is 17.6 Å². The minimum absolute atomic E-state index is 0.112. The van der Waals surface area contributed by atoms with E-state index in [1.165, 1.54) is 12.8 Å². The maximum Gasteiger partial charge on any atom is 0.318 e. The molecule has 130 valence electrons. The third kappa shape index (κ3) is 2.03. The quantitative estimate of drug-likeness (QED) is 0.840. The van der Waals surface area contributed by atoms with Crippen molar-refractivity contribution in [2.24, 2.45) is 29.6 Å². The lowest BCUT2D eigenvalue weighted by atomic mass is 9.47. The highest BCUT2D eigenvalue weighted by Crippen LogP contribution is 2.60. The number of rotatable bonds is 3. The molecule has 1 aliphatic heterocycles. The van der Waals surface area contributed by atoms with Crippen LogP contribution < -0.4 is 5.32 Å². The number of nitrogens with zero attached hydrogens (tertiary/aromatic N) is 1. The molecule has 1 saturated heterocycles. The second-order valence-corrected chi connectivity index (χ2v) is 9.32. The first-order valence-electron chi connectivity index (χ1n) is 9.59. The lowest BCUT2D eigenvalue weighted by Gasteiger charge is -2.61. The molecule has 4 saturated carbocycles. The van der Waals surface area contributed by atoms with Crippen molar-refractivity contribution < 1.29 is 9.90 Å². The Kier molecular flexibility index (Phi) is 3.33. The summed E-state index contributed by atoms with van der Waals surface area (Å²) < 4.78 is 0. The summed E-state index contributed by atoms with van der Waals surface area (Å²) in [5.41, 5.74) is -0.511. The molecule has 4 atom stereocenters. The van der Waals surface area contributed by atoms with Crippen LogP contribution in [0.15, 0.2) is 0 Å². The van der Waals surface area contributed by atoms with Crippen LogP contribution in [0.1, 0.15) is 59.8 Å². The summed E-state index contributed by atoms with van der Waals surface area (Å²) in [6, 6.07) is 0.342. The average molecular weight is 320 g/mol. The van der Waals surface area contributed by atoms with Crippen LogP contribution >= 0.6 is 0 Å². The summed E-state index contributed by atoms with van der Waals surface area (Å²) in [5, 5.41) is 14.2. The van der Waals surface area contributed by atoms with E-state index in [4.69, 9.17) is 0 Å². The Labute approximate surface area is 140 Å². The number of aliphatic hydroxyl groups is 1. The van der Waals surface area contributed by atoms with E-state index in [0.717, 1.165) is 31.7 Å². The molecule has 0 radical (unpaired) electrons. The minimum atomic E-state index is -0.395. The van der Waals surface area contributed by atoms with Gasteiger partial charge in [-0.3, -0.25) is 0 Å². The first kappa shape index (κ1) is 15.7. The van der Waals surface area contributed by atoms with E-state index in [1.807, 2.05) is 0 Å². The standard InChI is InChI=1S/C19H32N2O2/c1-5-21-17(22)20-16(18(21,4)11(2)3)15-13-6-12-7-14(15)10-19(23,8-12)9-13/h11-16,23H,5-10H2,1-4H3,(H,20,22). The predicted octanol–water partition coefficient (Wildman–Crippen LogP) is 3.00. The largest absolute Gasteiger partial charge is 0.390 e. The molecule has 4 aliphatic carbocycles. The van der Waals surface area contributed by atoms with Crippen LogP contribution in [0, 0.1) is 29.6 Å². The maximum absolute atomic E-state index is 12.6. The highest BCUT2D eigenvalue weighted by Gasteiger charge is 2.62. The fourth-order valence-electron chi connectivity index (χ4n) is 6.95. The average Bonchev–Trinajstić information content (AvgIpc) is 2.69. The molecule has 0 aromatic carbocycles. The molecule has 5 fully saturated rings. The van der Waals surface area contributed by atoms with Crippen molar-refractivity contribution in [3.63, 3.8) is 0 Å². The zero-order valence-electron chi connectivity index (χ0n) is 15.0. The van der Waals surface area contributed by atoms with Crippen LogP contribution in [0.3, 0.4) is 0 Å². The smallest absolute Gasteiger partial charge is 0.318 e. The van der Waals surface area contributed by atoms with Gasteiger partial charge in [-0.05, 0) is 75.5 Å². The molecule has 0 spiro atoms. The van der Waals surface area contributed by atoms with E-state index in [0.29, 0.717) is 23.7 Å². The molecule has 2 amide bonds. The fourth-order valence-corrected chi connectivity index (χ4v) is 6.95. The number of carbonyl (C=O) groups is 1. The minimum Gasteiger partial charge on any atom is -0.390 e. The van der Waals surface area contributed by atoms with E-state index < -0.39 is 5.60 Å². The van der Waals surface area contributed by atoms with E-state index in [1.54, 1.807) is 0 Å². The van der Waals surface area contributed by atoms with Crippen LogP contribution in [0.4, 0.5) is 4.79 Å². The van der Waals surface area contributed by atoms with E-state index in [9.17, 15) is 9.90 Å². The normalized spacial score (nSPS) is 51.7. The fraction of sp³-hybridized carbons (Fsp3) is 0.947. The number of hydrogen-bond donors (Lipinski definition) is 2. The van der Waals surface area contributed by atoms with Crippen molar-refractivity contribution in [2.75, 3.05) is 6.54 Å². The molecule has 0 aromatic heterocycles. The monoisotopic (exact) mass is 320 g/mol. The Hall–Kier alpha value is -0.770. The zero-order valence-corrected chi connectivity index (χ0v) is 15.0. The van der Waals surface area contributed by atoms with Crippen molar-refractivity contribution in [1.29, 1.82) is 0 Å². The molecule has 4 nitrogen and oxygen atoms in total. The molecule has 5 aliphatic rings. The van der Waals surface area contributed by atoms with Gasteiger partial charge in [-0.15, -0.1) is 0 Å². The van der Waals surface area contributed by atoms with Crippen molar-refractivity contribution >= 4 is 6.03 Å². The van der Waals surface area contributed by atoms with Crippen molar-refractivity contribution in [1.82, 2.24) is 10.2 Å². The number of nitrogens with one attached hydrogen (secondary N) is 1. The van der Waals surface area contributed by atoms with Gasteiger partial charge in [0.25, 0.3) is 0 Å². The summed E-state index contributed by atoms with van der Waals surface area (Å²) >= 11 is 0. The van der Waals surface area contributed by atoms with Crippen LogP contribution in [0.25, 0.3) is 0 Å². The van der Waals surface area contributed by atoms with Gasteiger partial charge in [-0.2, -0.15) is 0 Å². The lowest BCUT2D eigenvalue weighted by Crippen LogP contribution is -2.64. The van der Waals surface area contributed by atoms with Crippen LogP contribution in [-0.2, 0) is 0 Å². The van der Waals surface area contributed by atoms with E-state index in [2.05, 4.69) is 37.9 Å². The molecular weight excluding hydrogens is 288 g/mol. The van der Waals surface area contributed by atoms with Gasteiger partial charge < -0.3 is 15.3 Å². The van der Waals surface area contributed by atoms with Gasteiger partial charge in [-0.25, -0.2) is 4.79 Å². The summed E-state index contributed by atoms with van der Waals surface area (Å²) in [6.45, 7) is 9.64. The molecule has 1 heterocycles. The lowest BCUT2D eigenvalue weighted by molar-refractivity contribution is -0.163. The number of urea groups is 1. The van der Waals surface area contributed by atoms with Crippen LogP contribution in [0.5, 0.6) is 0 Å². The summed E-state index contributed by atoms with van der Waals surface area (Å²) in [6.07, 6.45) is 5.45. The first-order valence-corrected chi connectivity index (χ1v) is 9.59.